The molecule has 0 fully saturated rings. The predicted octanol–water partition coefficient (Wildman–Crippen LogP) is 20.3. The first kappa shape index (κ1) is 74.2. The fourth-order valence-corrected chi connectivity index (χ4v) is 11.2. The molecule has 75 heavy (non-hydrogen) atoms. The standard InChI is InChI=1S/C66H133N2O6P/c1-6-8-10-12-14-16-18-20-22-24-25-26-27-28-29-30-31-32-33-34-35-36-37-38-39-40-41-42-43-44-46-48-50-52-54-56-58-60-66(70)67-64(63-74-75(71,72)73-62-61-68(3,4)5)65(69)59-57-55-53-51-49-47-45-23-21-19-17-15-13-11-9-7-2/h32-33,64-65,69H,6-31,34-63H2,1-5H3,(H-,67,70,71,72)/b33-32-. The van der Waals surface area contributed by atoms with E-state index in [9.17, 15) is 19.4 Å². The number of amides is 1. The number of carbonyl (C=O) groups excluding carboxylic acids is 1. The molecule has 0 heterocycles. The number of aliphatic hydroxyl groups excluding tert-OH is 1. The van der Waals surface area contributed by atoms with Crippen LogP contribution in [0.3, 0.4) is 0 Å². The van der Waals surface area contributed by atoms with Crippen LogP contribution in [0.2, 0.25) is 0 Å². The van der Waals surface area contributed by atoms with Crippen molar-refractivity contribution in [2.75, 3.05) is 40.9 Å². The third-order valence-electron chi connectivity index (χ3n) is 15.8. The Morgan fingerprint density at radius 3 is 1.04 bits per heavy atom. The van der Waals surface area contributed by atoms with E-state index >= 15 is 0 Å². The van der Waals surface area contributed by atoms with Gasteiger partial charge in [-0.25, -0.2) is 0 Å². The first-order valence-electron chi connectivity index (χ1n) is 33.5. The second kappa shape index (κ2) is 57.9. The number of carbonyl (C=O) groups is 1. The average molecular weight is 1080 g/mol. The number of hydrogen-bond donors (Lipinski definition) is 2. The van der Waals surface area contributed by atoms with Gasteiger partial charge in [-0.15, -0.1) is 0 Å². The number of phosphoric ester groups is 1. The number of rotatable bonds is 63. The lowest BCUT2D eigenvalue weighted by molar-refractivity contribution is -0.870. The lowest BCUT2D eigenvalue weighted by Crippen LogP contribution is -2.46. The summed E-state index contributed by atoms with van der Waals surface area (Å²) in [5.74, 6) is -0.157. The molecule has 448 valence electrons. The number of unbranched alkanes of at least 4 members (excludes halogenated alkanes) is 48. The second-order valence-electron chi connectivity index (χ2n) is 24.5. The van der Waals surface area contributed by atoms with Gasteiger partial charge in [0.25, 0.3) is 7.82 Å². The number of phosphoric acid groups is 1. The molecule has 0 aliphatic rings. The lowest BCUT2D eigenvalue weighted by Gasteiger charge is -2.30. The van der Waals surface area contributed by atoms with Crippen molar-refractivity contribution in [1.82, 2.24) is 5.32 Å². The highest BCUT2D eigenvalue weighted by molar-refractivity contribution is 7.45. The molecule has 0 saturated carbocycles. The van der Waals surface area contributed by atoms with E-state index in [0.29, 0.717) is 23.9 Å². The number of nitrogens with one attached hydrogen (secondary N) is 1. The van der Waals surface area contributed by atoms with Gasteiger partial charge in [0.1, 0.15) is 13.2 Å². The van der Waals surface area contributed by atoms with Crippen LogP contribution in [-0.4, -0.2) is 68.5 Å². The summed E-state index contributed by atoms with van der Waals surface area (Å²) >= 11 is 0. The molecule has 1 amide bonds. The summed E-state index contributed by atoms with van der Waals surface area (Å²) in [6.45, 7) is 4.78. The fraction of sp³-hybridized carbons (Fsp3) is 0.955. The third kappa shape index (κ3) is 60.7. The van der Waals surface area contributed by atoms with Crippen LogP contribution >= 0.6 is 7.82 Å². The Balaban J connectivity index is 3.89. The van der Waals surface area contributed by atoms with Gasteiger partial charge in [-0.3, -0.25) is 9.36 Å². The highest BCUT2D eigenvalue weighted by atomic mass is 31.2. The molecule has 0 saturated heterocycles. The molecule has 0 aliphatic heterocycles. The Labute approximate surface area is 469 Å². The number of quaternary nitrogens is 1. The molecule has 9 heteroatoms. The monoisotopic (exact) mass is 1080 g/mol. The van der Waals surface area contributed by atoms with Gasteiger partial charge in [0.05, 0.1) is 39.9 Å². The van der Waals surface area contributed by atoms with Crippen LogP contribution in [0.4, 0.5) is 0 Å². The molecule has 0 spiro atoms. The zero-order chi connectivity index (χ0) is 54.9. The molecular weight excluding hydrogens is 948 g/mol. The van der Waals surface area contributed by atoms with E-state index in [1.54, 1.807) is 0 Å². The van der Waals surface area contributed by atoms with E-state index in [4.69, 9.17) is 9.05 Å². The van der Waals surface area contributed by atoms with Crippen molar-refractivity contribution in [3.05, 3.63) is 12.2 Å². The summed E-state index contributed by atoms with van der Waals surface area (Å²) in [5, 5.41) is 14.0. The van der Waals surface area contributed by atoms with Crippen molar-refractivity contribution >= 4 is 13.7 Å². The van der Waals surface area contributed by atoms with Crippen LogP contribution in [0, 0.1) is 0 Å². The first-order valence-corrected chi connectivity index (χ1v) is 35.0. The minimum atomic E-state index is -4.57. The molecule has 0 bridgehead atoms. The Morgan fingerprint density at radius 1 is 0.453 bits per heavy atom. The van der Waals surface area contributed by atoms with Gasteiger partial charge in [0.15, 0.2) is 0 Å². The van der Waals surface area contributed by atoms with E-state index in [2.05, 4.69) is 31.3 Å². The Hall–Kier alpha value is -0.760. The summed E-state index contributed by atoms with van der Waals surface area (Å²) in [7, 11) is 1.32. The number of likely N-dealkylation sites (N-methyl/N-ethyl adjacent to an activating group) is 1. The molecule has 0 rings (SSSR count). The maximum absolute atomic E-state index is 13.0. The summed E-state index contributed by atoms with van der Waals surface area (Å²) in [6, 6.07) is -0.797. The van der Waals surface area contributed by atoms with Gasteiger partial charge in [-0.1, -0.05) is 321 Å². The fourth-order valence-electron chi connectivity index (χ4n) is 10.5. The highest BCUT2D eigenvalue weighted by Gasteiger charge is 2.24. The largest absolute Gasteiger partial charge is 0.756 e. The molecule has 0 aliphatic carbocycles. The van der Waals surface area contributed by atoms with E-state index < -0.39 is 20.0 Å². The predicted molar refractivity (Wildman–Crippen MR) is 326 cm³/mol. The van der Waals surface area contributed by atoms with Gasteiger partial charge in [-0.05, 0) is 38.5 Å². The van der Waals surface area contributed by atoms with Gasteiger partial charge in [0.2, 0.25) is 5.91 Å². The zero-order valence-corrected chi connectivity index (χ0v) is 52.2. The molecule has 0 aromatic carbocycles. The Kier molecular flexibility index (Phi) is 57.3. The second-order valence-corrected chi connectivity index (χ2v) is 25.9. The van der Waals surface area contributed by atoms with E-state index in [-0.39, 0.29) is 19.1 Å². The van der Waals surface area contributed by atoms with E-state index in [1.165, 1.54) is 289 Å². The number of hydrogen-bond acceptors (Lipinski definition) is 6. The normalized spacial score (nSPS) is 13.7. The number of allylic oxidation sites excluding steroid dienone is 2. The summed E-state index contributed by atoms with van der Waals surface area (Å²) in [4.78, 5) is 25.6. The van der Waals surface area contributed by atoms with Crippen LogP contribution in [0.25, 0.3) is 0 Å². The Bertz CT molecular complexity index is 1230. The van der Waals surface area contributed by atoms with Crippen LogP contribution < -0.4 is 10.2 Å². The van der Waals surface area contributed by atoms with Crippen molar-refractivity contribution < 1.29 is 32.9 Å². The van der Waals surface area contributed by atoms with Crippen LogP contribution in [0.5, 0.6) is 0 Å². The van der Waals surface area contributed by atoms with Crippen molar-refractivity contribution in [3.8, 4) is 0 Å². The van der Waals surface area contributed by atoms with Crippen molar-refractivity contribution in [1.29, 1.82) is 0 Å². The molecule has 0 aromatic heterocycles. The molecule has 2 N–H and O–H groups in total. The highest BCUT2D eigenvalue weighted by Crippen LogP contribution is 2.38. The van der Waals surface area contributed by atoms with Gasteiger partial charge >= 0.3 is 0 Å². The lowest BCUT2D eigenvalue weighted by atomic mass is 10.0. The molecule has 0 radical (unpaired) electrons. The smallest absolute Gasteiger partial charge is 0.268 e. The minimum Gasteiger partial charge on any atom is -0.756 e. The maximum Gasteiger partial charge on any atom is 0.268 e. The molecule has 3 atom stereocenters. The minimum absolute atomic E-state index is 0.0155. The number of nitrogens with zero attached hydrogens (tertiary/aromatic N) is 1. The molecule has 8 nitrogen and oxygen atoms in total. The van der Waals surface area contributed by atoms with Crippen molar-refractivity contribution in [2.45, 2.75) is 366 Å². The topological polar surface area (TPSA) is 108 Å². The van der Waals surface area contributed by atoms with Gasteiger partial charge in [-0.2, -0.15) is 0 Å². The SMILES string of the molecule is CCCCCCCCCCCCCCCCCC/C=C\CCCCCCCCCCCCCCCCCCCC(=O)NC(COP(=O)([O-])OCC[N+](C)(C)C)C(O)CCCCCCCCCCCCCCCCCC. The molecule has 0 aromatic rings. The number of aliphatic hydroxyl groups is 1. The zero-order valence-electron chi connectivity index (χ0n) is 51.3. The van der Waals surface area contributed by atoms with E-state index in [0.717, 1.165) is 38.5 Å². The summed E-state index contributed by atoms with van der Waals surface area (Å²) in [6.07, 6.45) is 72.9. The van der Waals surface area contributed by atoms with Gasteiger partial charge in [0, 0.05) is 6.42 Å². The van der Waals surface area contributed by atoms with Crippen molar-refractivity contribution in [2.24, 2.45) is 0 Å². The van der Waals surface area contributed by atoms with E-state index in [1.807, 2.05) is 21.1 Å². The molecule has 3 unspecified atom stereocenters. The van der Waals surface area contributed by atoms with Crippen LogP contribution in [0.1, 0.15) is 354 Å². The van der Waals surface area contributed by atoms with Gasteiger partial charge < -0.3 is 28.8 Å². The third-order valence-corrected chi connectivity index (χ3v) is 16.7. The van der Waals surface area contributed by atoms with Crippen molar-refractivity contribution in [3.63, 3.8) is 0 Å². The molecular formula is C66H133N2O6P. The average Bonchev–Trinajstić information content (AvgIpc) is 3.37. The quantitative estimate of drug-likeness (QED) is 0.0272. The first-order chi connectivity index (χ1) is 36.5. The maximum atomic E-state index is 13.0. The van der Waals surface area contributed by atoms with Crippen LogP contribution in [0.15, 0.2) is 12.2 Å². The van der Waals surface area contributed by atoms with Crippen LogP contribution in [-0.2, 0) is 18.4 Å². The summed E-state index contributed by atoms with van der Waals surface area (Å²) in [5.41, 5.74) is 0. The summed E-state index contributed by atoms with van der Waals surface area (Å²) < 4.78 is 23.5. The Morgan fingerprint density at radius 2 is 0.733 bits per heavy atom.